The minimum Gasteiger partial charge on any atom is -0.478 e. The molecular weight excluding hydrogens is 351 g/mol. The Kier molecular flexibility index (Phi) is 7.76. The van der Waals surface area contributed by atoms with Crippen molar-refractivity contribution in [3.8, 4) is 5.75 Å². The van der Waals surface area contributed by atoms with Gasteiger partial charge in [0.25, 0.3) is 11.8 Å². The number of methoxy groups -OCH3 is 1. The maximum absolute atomic E-state index is 13.8. The standard InChI is InChI=1S/C20H23FN2O4/c1-3-17(27-18-11-7-5-9-15(18)21)20(25)23-16-10-6-4-8-14(16)19(24)22-12-13-26-2/h4-11,17H,3,12-13H2,1-2H3,(H,22,24)(H,23,25)/t17-/m1/s1. The van der Waals surface area contributed by atoms with Crippen molar-refractivity contribution < 1.29 is 23.5 Å². The molecule has 7 heteroatoms. The van der Waals surface area contributed by atoms with Crippen molar-refractivity contribution >= 4 is 17.5 Å². The van der Waals surface area contributed by atoms with E-state index in [9.17, 15) is 14.0 Å². The van der Waals surface area contributed by atoms with Crippen molar-refractivity contribution in [2.75, 3.05) is 25.6 Å². The average Bonchev–Trinajstić information content (AvgIpc) is 2.67. The summed E-state index contributed by atoms with van der Waals surface area (Å²) in [6.45, 7) is 2.49. The van der Waals surface area contributed by atoms with E-state index in [1.807, 2.05) is 0 Å². The Labute approximate surface area is 157 Å². The number of amides is 2. The van der Waals surface area contributed by atoms with Gasteiger partial charge in [-0.3, -0.25) is 9.59 Å². The van der Waals surface area contributed by atoms with Crippen LogP contribution in [0.15, 0.2) is 48.5 Å². The number of para-hydroxylation sites is 2. The van der Waals surface area contributed by atoms with Gasteiger partial charge in [-0.1, -0.05) is 31.2 Å². The molecule has 0 unspecified atom stereocenters. The van der Waals surface area contributed by atoms with E-state index in [0.29, 0.717) is 30.8 Å². The molecule has 0 saturated heterocycles. The molecule has 6 nitrogen and oxygen atoms in total. The maximum Gasteiger partial charge on any atom is 0.265 e. The summed E-state index contributed by atoms with van der Waals surface area (Å²) in [5, 5.41) is 5.40. The Bertz CT molecular complexity index is 782. The molecule has 0 aromatic heterocycles. The Morgan fingerprint density at radius 2 is 1.81 bits per heavy atom. The van der Waals surface area contributed by atoms with Crippen LogP contribution >= 0.6 is 0 Å². The van der Waals surface area contributed by atoms with Crippen LogP contribution in [0.5, 0.6) is 5.75 Å². The van der Waals surface area contributed by atoms with Crippen molar-refractivity contribution in [3.05, 3.63) is 59.9 Å². The summed E-state index contributed by atoms with van der Waals surface area (Å²) < 4.78 is 24.2. The highest BCUT2D eigenvalue weighted by Gasteiger charge is 2.22. The Balaban J connectivity index is 2.09. The van der Waals surface area contributed by atoms with Gasteiger partial charge in [0.2, 0.25) is 0 Å². The smallest absolute Gasteiger partial charge is 0.265 e. The summed E-state index contributed by atoms with van der Waals surface area (Å²) in [5.74, 6) is -1.32. The Morgan fingerprint density at radius 1 is 1.11 bits per heavy atom. The molecule has 0 spiro atoms. The van der Waals surface area contributed by atoms with Crippen molar-refractivity contribution in [2.24, 2.45) is 0 Å². The molecule has 144 valence electrons. The number of rotatable bonds is 9. The first kappa shape index (κ1) is 20.4. The summed E-state index contributed by atoms with van der Waals surface area (Å²) >= 11 is 0. The summed E-state index contributed by atoms with van der Waals surface area (Å²) in [5.41, 5.74) is 0.677. The van der Waals surface area contributed by atoms with Gasteiger partial charge in [-0.05, 0) is 30.7 Å². The fourth-order valence-electron chi connectivity index (χ4n) is 2.38. The third-order valence-corrected chi connectivity index (χ3v) is 3.79. The monoisotopic (exact) mass is 374 g/mol. The number of hydrogen-bond donors (Lipinski definition) is 2. The number of anilines is 1. The Morgan fingerprint density at radius 3 is 2.52 bits per heavy atom. The van der Waals surface area contributed by atoms with Gasteiger partial charge in [0.05, 0.1) is 17.9 Å². The third kappa shape index (κ3) is 5.79. The topological polar surface area (TPSA) is 76.7 Å². The second-order valence-electron chi connectivity index (χ2n) is 5.73. The van der Waals surface area contributed by atoms with Crippen LogP contribution in [0.2, 0.25) is 0 Å². The van der Waals surface area contributed by atoms with Gasteiger partial charge >= 0.3 is 0 Å². The number of hydrogen-bond acceptors (Lipinski definition) is 4. The molecule has 0 heterocycles. The molecule has 0 bridgehead atoms. The molecule has 0 aliphatic heterocycles. The largest absolute Gasteiger partial charge is 0.478 e. The SMILES string of the molecule is CC[C@@H](Oc1ccccc1F)C(=O)Nc1ccccc1C(=O)NCCOC. The van der Waals surface area contributed by atoms with Crippen molar-refractivity contribution in [1.29, 1.82) is 0 Å². The van der Waals surface area contributed by atoms with Gasteiger partial charge < -0.3 is 20.1 Å². The number of carbonyl (C=O) groups excluding carboxylic acids is 2. The first-order chi connectivity index (χ1) is 13.1. The van der Waals surface area contributed by atoms with Crippen LogP contribution in [0.3, 0.4) is 0 Å². The predicted octanol–water partition coefficient (Wildman–Crippen LogP) is 3.00. The fourth-order valence-corrected chi connectivity index (χ4v) is 2.38. The highest BCUT2D eigenvalue weighted by Crippen LogP contribution is 2.20. The van der Waals surface area contributed by atoms with E-state index in [-0.39, 0.29) is 11.7 Å². The van der Waals surface area contributed by atoms with Crippen LogP contribution in [0.4, 0.5) is 10.1 Å². The highest BCUT2D eigenvalue weighted by molar-refractivity contribution is 6.04. The van der Waals surface area contributed by atoms with E-state index in [4.69, 9.17) is 9.47 Å². The van der Waals surface area contributed by atoms with E-state index in [1.54, 1.807) is 50.4 Å². The molecule has 2 N–H and O–H groups in total. The molecule has 0 radical (unpaired) electrons. The molecule has 2 aromatic rings. The van der Waals surface area contributed by atoms with E-state index in [1.165, 1.54) is 12.1 Å². The molecule has 2 rings (SSSR count). The van der Waals surface area contributed by atoms with Crippen LogP contribution in [0.1, 0.15) is 23.7 Å². The molecule has 2 amide bonds. The van der Waals surface area contributed by atoms with Gasteiger partial charge in [-0.15, -0.1) is 0 Å². The predicted molar refractivity (Wildman–Crippen MR) is 100 cm³/mol. The fraction of sp³-hybridized carbons (Fsp3) is 0.300. The zero-order valence-corrected chi connectivity index (χ0v) is 15.3. The highest BCUT2D eigenvalue weighted by atomic mass is 19.1. The lowest BCUT2D eigenvalue weighted by atomic mass is 10.1. The number of benzene rings is 2. The van der Waals surface area contributed by atoms with Gasteiger partial charge in [0.15, 0.2) is 17.7 Å². The van der Waals surface area contributed by atoms with Gasteiger partial charge in [-0.2, -0.15) is 0 Å². The molecule has 0 fully saturated rings. The summed E-state index contributed by atoms with van der Waals surface area (Å²) in [6, 6.07) is 12.5. The van der Waals surface area contributed by atoms with Gasteiger partial charge in [-0.25, -0.2) is 4.39 Å². The summed E-state index contributed by atoms with van der Waals surface area (Å²) in [6.07, 6.45) is -0.561. The lowest BCUT2D eigenvalue weighted by molar-refractivity contribution is -0.122. The van der Waals surface area contributed by atoms with Crippen molar-refractivity contribution in [1.82, 2.24) is 5.32 Å². The molecule has 1 atom stereocenters. The number of carbonyl (C=O) groups is 2. The van der Waals surface area contributed by atoms with Crippen LogP contribution in [0, 0.1) is 5.82 Å². The van der Waals surface area contributed by atoms with E-state index in [2.05, 4.69) is 10.6 Å². The average molecular weight is 374 g/mol. The second-order valence-corrected chi connectivity index (χ2v) is 5.73. The number of ether oxygens (including phenoxy) is 2. The van der Waals surface area contributed by atoms with Crippen LogP contribution < -0.4 is 15.4 Å². The van der Waals surface area contributed by atoms with Crippen molar-refractivity contribution in [3.63, 3.8) is 0 Å². The number of nitrogens with one attached hydrogen (secondary N) is 2. The zero-order chi connectivity index (χ0) is 19.6. The quantitative estimate of drug-likeness (QED) is 0.662. The number of halogens is 1. The molecule has 27 heavy (non-hydrogen) atoms. The minimum absolute atomic E-state index is 0.00472. The molecule has 0 aliphatic rings. The van der Waals surface area contributed by atoms with Crippen LogP contribution in [-0.4, -0.2) is 38.2 Å². The summed E-state index contributed by atoms with van der Waals surface area (Å²) in [7, 11) is 1.54. The van der Waals surface area contributed by atoms with E-state index in [0.717, 1.165) is 0 Å². The molecule has 0 saturated carbocycles. The maximum atomic E-state index is 13.8. The van der Waals surface area contributed by atoms with Crippen LogP contribution in [-0.2, 0) is 9.53 Å². The second kappa shape index (κ2) is 10.3. The summed E-state index contributed by atoms with van der Waals surface area (Å²) in [4.78, 5) is 24.9. The minimum atomic E-state index is -0.897. The lowest BCUT2D eigenvalue weighted by Crippen LogP contribution is -2.34. The first-order valence-corrected chi connectivity index (χ1v) is 8.65. The van der Waals surface area contributed by atoms with E-state index < -0.39 is 17.8 Å². The normalized spacial score (nSPS) is 11.5. The molecule has 2 aromatic carbocycles. The third-order valence-electron chi connectivity index (χ3n) is 3.79. The lowest BCUT2D eigenvalue weighted by Gasteiger charge is -2.18. The molecular formula is C20H23FN2O4. The zero-order valence-electron chi connectivity index (χ0n) is 15.3. The first-order valence-electron chi connectivity index (χ1n) is 8.65. The van der Waals surface area contributed by atoms with Gasteiger partial charge in [0, 0.05) is 13.7 Å². The van der Waals surface area contributed by atoms with Gasteiger partial charge in [0.1, 0.15) is 0 Å². The van der Waals surface area contributed by atoms with Crippen molar-refractivity contribution in [2.45, 2.75) is 19.4 Å². The van der Waals surface area contributed by atoms with Crippen LogP contribution in [0.25, 0.3) is 0 Å². The molecule has 0 aliphatic carbocycles. The van der Waals surface area contributed by atoms with E-state index >= 15 is 0 Å². The Hall–Kier alpha value is -2.93.